The summed E-state index contributed by atoms with van der Waals surface area (Å²) in [6, 6.07) is 5.14. The molecule has 1 aromatic rings. The molecule has 0 spiro atoms. The molecule has 0 saturated carbocycles. The number of carbonyl (C=O) groups is 1. The Morgan fingerprint density at radius 3 is 2.86 bits per heavy atom. The second-order valence-electron chi connectivity index (χ2n) is 3.04. The van der Waals surface area contributed by atoms with Crippen molar-refractivity contribution in [2.75, 3.05) is 19.0 Å². The molecule has 0 heterocycles. The van der Waals surface area contributed by atoms with Crippen LogP contribution in [0.3, 0.4) is 0 Å². The number of benzene rings is 1. The van der Waals surface area contributed by atoms with E-state index in [1.54, 1.807) is 18.2 Å². The average Bonchev–Trinajstić information content (AvgIpc) is 2.14. The standard InChI is InChI=1S/C10H13FN2O/c1-7-2-3-8(9(12)6-7)10(14)13-5-4-11/h2-3,6H,4-5,12H2,1H3,(H,13,14). The van der Waals surface area contributed by atoms with Gasteiger partial charge in [0.15, 0.2) is 0 Å². The summed E-state index contributed by atoms with van der Waals surface area (Å²) in [5.74, 6) is -0.333. The number of alkyl halides is 1. The maximum Gasteiger partial charge on any atom is 0.253 e. The van der Waals surface area contributed by atoms with Crippen LogP contribution in [0.2, 0.25) is 0 Å². The lowest BCUT2D eigenvalue weighted by Crippen LogP contribution is -2.26. The lowest BCUT2D eigenvalue weighted by atomic mass is 10.1. The first-order valence-electron chi connectivity index (χ1n) is 4.35. The highest BCUT2D eigenvalue weighted by atomic mass is 19.1. The predicted octanol–water partition coefficient (Wildman–Crippen LogP) is 1.28. The molecule has 1 aromatic carbocycles. The van der Waals surface area contributed by atoms with Crippen molar-refractivity contribution in [3.63, 3.8) is 0 Å². The maximum atomic E-state index is 11.8. The van der Waals surface area contributed by atoms with Crippen molar-refractivity contribution in [2.45, 2.75) is 6.92 Å². The van der Waals surface area contributed by atoms with Crippen LogP contribution in [0.4, 0.5) is 10.1 Å². The zero-order chi connectivity index (χ0) is 10.6. The molecule has 0 fully saturated rings. The van der Waals surface area contributed by atoms with E-state index in [4.69, 9.17) is 5.73 Å². The highest BCUT2D eigenvalue weighted by Gasteiger charge is 2.08. The molecular formula is C10H13FN2O. The Hall–Kier alpha value is -1.58. The first kappa shape index (κ1) is 10.5. The molecule has 0 atom stereocenters. The molecule has 0 radical (unpaired) electrons. The van der Waals surface area contributed by atoms with Gasteiger partial charge >= 0.3 is 0 Å². The maximum absolute atomic E-state index is 11.8. The minimum atomic E-state index is -0.572. The summed E-state index contributed by atoms with van der Waals surface area (Å²) >= 11 is 0. The second kappa shape index (κ2) is 4.60. The zero-order valence-electron chi connectivity index (χ0n) is 8.01. The van der Waals surface area contributed by atoms with Crippen LogP contribution in [0.1, 0.15) is 15.9 Å². The van der Waals surface area contributed by atoms with Crippen molar-refractivity contribution < 1.29 is 9.18 Å². The van der Waals surface area contributed by atoms with E-state index in [0.29, 0.717) is 11.3 Å². The van der Waals surface area contributed by atoms with E-state index in [2.05, 4.69) is 5.32 Å². The summed E-state index contributed by atoms with van der Waals surface area (Å²) in [5, 5.41) is 2.41. The number of halogens is 1. The van der Waals surface area contributed by atoms with Crippen molar-refractivity contribution in [3.8, 4) is 0 Å². The van der Waals surface area contributed by atoms with E-state index in [1.165, 1.54) is 0 Å². The van der Waals surface area contributed by atoms with Gasteiger partial charge in [-0.25, -0.2) is 4.39 Å². The lowest BCUT2D eigenvalue weighted by molar-refractivity contribution is 0.0951. The number of aryl methyl sites for hydroxylation is 1. The number of hydrogen-bond acceptors (Lipinski definition) is 2. The Morgan fingerprint density at radius 1 is 1.57 bits per heavy atom. The Bertz CT molecular complexity index is 339. The molecule has 1 amide bonds. The summed E-state index contributed by atoms with van der Waals surface area (Å²) in [6.45, 7) is 1.34. The largest absolute Gasteiger partial charge is 0.398 e. The normalized spacial score (nSPS) is 9.86. The smallest absolute Gasteiger partial charge is 0.253 e. The minimum Gasteiger partial charge on any atom is -0.398 e. The highest BCUT2D eigenvalue weighted by Crippen LogP contribution is 2.13. The molecule has 1 rings (SSSR count). The van der Waals surface area contributed by atoms with E-state index in [-0.39, 0.29) is 12.5 Å². The van der Waals surface area contributed by atoms with Gasteiger partial charge in [-0.15, -0.1) is 0 Å². The van der Waals surface area contributed by atoms with Crippen molar-refractivity contribution >= 4 is 11.6 Å². The summed E-state index contributed by atoms with van der Waals surface area (Å²) in [7, 11) is 0. The van der Waals surface area contributed by atoms with Crippen LogP contribution < -0.4 is 11.1 Å². The van der Waals surface area contributed by atoms with Crippen molar-refractivity contribution in [3.05, 3.63) is 29.3 Å². The van der Waals surface area contributed by atoms with E-state index in [0.717, 1.165) is 5.56 Å². The topological polar surface area (TPSA) is 55.1 Å². The number of hydrogen-bond donors (Lipinski definition) is 2. The fourth-order valence-corrected chi connectivity index (χ4v) is 1.14. The molecular weight excluding hydrogens is 183 g/mol. The van der Waals surface area contributed by atoms with Gasteiger partial charge < -0.3 is 11.1 Å². The third kappa shape index (κ3) is 2.45. The van der Waals surface area contributed by atoms with E-state index < -0.39 is 6.67 Å². The molecule has 0 bridgehead atoms. The van der Waals surface area contributed by atoms with E-state index in [1.807, 2.05) is 6.92 Å². The highest BCUT2D eigenvalue weighted by molar-refractivity contribution is 5.99. The third-order valence-electron chi connectivity index (χ3n) is 1.83. The fraction of sp³-hybridized carbons (Fsp3) is 0.300. The Balaban J connectivity index is 2.80. The minimum absolute atomic E-state index is 0.0200. The monoisotopic (exact) mass is 196 g/mol. The second-order valence-corrected chi connectivity index (χ2v) is 3.04. The van der Waals surface area contributed by atoms with Gasteiger partial charge in [0.2, 0.25) is 0 Å². The van der Waals surface area contributed by atoms with Gasteiger partial charge in [0.25, 0.3) is 5.91 Å². The van der Waals surface area contributed by atoms with E-state index >= 15 is 0 Å². The Labute approximate surface area is 82.1 Å². The van der Waals surface area contributed by atoms with Gasteiger partial charge in [-0.1, -0.05) is 6.07 Å². The van der Waals surface area contributed by atoms with Crippen molar-refractivity contribution in [1.82, 2.24) is 5.32 Å². The van der Waals surface area contributed by atoms with Crippen molar-refractivity contribution in [1.29, 1.82) is 0 Å². The van der Waals surface area contributed by atoms with Crippen molar-refractivity contribution in [2.24, 2.45) is 0 Å². The molecule has 3 nitrogen and oxygen atoms in total. The Morgan fingerprint density at radius 2 is 2.29 bits per heavy atom. The summed E-state index contributed by atoms with van der Waals surface area (Å²) in [5.41, 5.74) is 7.44. The molecule has 0 unspecified atom stereocenters. The first-order chi connectivity index (χ1) is 6.65. The van der Waals surface area contributed by atoms with Crippen LogP contribution in [0.25, 0.3) is 0 Å². The molecule has 76 valence electrons. The molecule has 4 heteroatoms. The quantitative estimate of drug-likeness (QED) is 0.715. The molecule has 3 N–H and O–H groups in total. The van der Waals surface area contributed by atoms with Crippen LogP contribution in [0, 0.1) is 6.92 Å². The number of carbonyl (C=O) groups excluding carboxylic acids is 1. The van der Waals surface area contributed by atoms with Crippen LogP contribution in [0.15, 0.2) is 18.2 Å². The first-order valence-corrected chi connectivity index (χ1v) is 4.35. The number of nitrogens with two attached hydrogens (primary N) is 1. The zero-order valence-corrected chi connectivity index (χ0v) is 8.01. The van der Waals surface area contributed by atoms with Gasteiger partial charge in [0.05, 0.1) is 5.56 Å². The van der Waals surface area contributed by atoms with Crippen LogP contribution >= 0.6 is 0 Å². The van der Waals surface area contributed by atoms with Crippen LogP contribution in [-0.2, 0) is 0 Å². The van der Waals surface area contributed by atoms with Gasteiger partial charge in [-0.05, 0) is 24.6 Å². The molecule has 0 saturated heterocycles. The number of rotatable bonds is 3. The lowest BCUT2D eigenvalue weighted by Gasteiger charge is -2.06. The molecule has 14 heavy (non-hydrogen) atoms. The summed E-state index contributed by atoms with van der Waals surface area (Å²) < 4.78 is 11.8. The fourth-order valence-electron chi connectivity index (χ4n) is 1.14. The molecule has 0 aliphatic carbocycles. The van der Waals surface area contributed by atoms with Gasteiger partial charge in [-0.3, -0.25) is 4.79 Å². The number of anilines is 1. The molecule has 0 aliphatic heterocycles. The summed E-state index contributed by atoms with van der Waals surface area (Å²) in [6.07, 6.45) is 0. The molecule has 0 aliphatic rings. The number of nitrogens with one attached hydrogen (secondary N) is 1. The number of nitrogen functional groups attached to an aromatic ring is 1. The van der Waals surface area contributed by atoms with E-state index in [9.17, 15) is 9.18 Å². The predicted molar refractivity (Wildman–Crippen MR) is 53.9 cm³/mol. The SMILES string of the molecule is Cc1ccc(C(=O)NCCF)c(N)c1. The van der Waals surface area contributed by atoms with Crippen LogP contribution in [0.5, 0.6) is 0 Å². The summed E-state index contributed by atoms with van der Waals surface area (Å²) in [4.78, 5) is 11.4. The average molecular weight is 196 g/mol. The van der Waals surface area contributed by atoms with Crippen LogP contribution in [-0.4, -0.2) is 19.1 Å². The van der Waals surface area contributed by atoms with Gasteiger partial charge in [0.1, 0.15) is 6.67 Å². The third-order valence-corrected chi connectivity index (χ3v) is 1.83. The number of amides is 1. The van der Waals surface area contributed by atoms with Gasteiger partial charge in [0, 0.05) is 12.2 Å². The van der Waals surface area contributed by atoms with Gasteiger partial charge in [-0.2, -0.15) is 0 Å². The Kier molecular flexibility index (Phi) is 3.45. The molecule has 0 aromatic heterocycles.